The van der Waals surface area contributed by atoms with Gasteiger partial charge in [-0.05, 0) is 43.8 Å². The number of amides is 1. The number of hydrogen-bond donors (Lipinski definition) is 4. The molecule has 0 saturated heterocycles. The molecule has 2 aromatic rings. The third-order valence-electron chi connectivity index (χ3n) is 5.65. The average Bonchev–Trinajstić information content (AvgIpc) is 3.68. The van der Waals surface area contributed by atoms with E-state index in [1.54, 1.807) is 19.3 Å². The lowest BCUT2D eigenvalue weighted by Gasteiger charge is -2.16. The number of ether oxygens (including phenoxy) is 1. The zero-order chi connectivity index (χ0) is 27.8. The molecule has 202 valence electrons. The number of pyridine rings is 2. The molecule has 0 spiro atoms. The first kappa shape index (κ1) is 27.8. The van der Waals surface area contributed by atoms with Crippen LogP contribution in [0.25, 0.3) is 16.7 Å². The molecule has 0 radical (unpaired) electrons. The van der Waals surface area contributed by atoms with Crippen LogP contribution in [0.15, 0.2) is 35.8 Å². The maximum absolute atomic E-state index is 13.6. The minimum absolute atomic E-state index is 0.0797. The highest BCUT2D eigenvalue weighted by molar-refractivity contribution is 8.14. The Kier molecular flexibility index (Phi) is 9.31. The number of rotatable bonds is 9. The van der Waals surface area contributed by atoms with Crippen LogP contribution >= 0.6 is 11.8 Å². The highest BCUT2D eigenvalue weighted by Crippen LogP contribution is 2.35. The summed E-state index contributed by atoms with van der Waals surface area (Å²) in [4.78, 5) is 21.7. The second-order valence-electron chi connectivity index (χ2n) is 8.53. The van der Waals surface area contributed by atoms with Crippen LogP contribution in [0.5, 0.6) is 5.75 Å². The van der Waals surface area contributed by atoms with Gasteiger partial charge in [-0.25, -0.2) is 8.78 Å². The van der Waals surface area contributed by atoms with Crippen LogP contribution in [-0.4, -0.2) is 53.7 Å². The van der Waals surface area contributed by atoms with Crippen molar-refractivity contribution in [2.75, 3.05) is 27.2 Å². The number of alkyl halides is 2. The molecule has 1 amide bonds. The van der Waals surface area contributed by atoms with Crippen molar-refractivity contribution in [2.45, 2.75) is 24.6 Å². The largest absolute Gasteiger partial charge is 0.494 e. The third kappa shape index (κ3) is 7.22. The Morgan fingerprint density at radius 3 is 2.79 bits per heavy atom. The Labute approximate surface area is 228 Å². The van der Waals surface area contributed by atoms with Crippen molar-refractivity contribution in [2.24, 2.45) is 11.0 Å². The first-order valence-corrected chi connectivity index (χ1v) is 12.9. The van der Waals surface area contributed by atoms with Gasteiger partial charge < -0.3 is 15.4 Å². The molecule has 1 saturated carbocycles. The number of nitrogens with one attached hydrogen (secondary N) is 4. The number of aromatic nitrogens is 2. The topological polar surface area (TPSA) is 136 Å². The SMILES string of the molecule is CNC/C(=C\NCC#N)c1cc(-c2cc(C(F)F)ncc2OC)c(C(=O)NC2=NNC(C#CC3CC3)S2)cn1. The Hall–Kier alpha value is -4.20. The third-order valence-corrected chi connectivity index (χ3v) is 6.53. The second-order valence-corrected chi connectivity index (χ2v) is 9.62. The molecule has 4 N–H and O–H groups in total. The number of halogens is 2. The predicted molar refractivity (Wildman–Crippen MR) is 144 cm³/mol. The van der Waals surface area contributed by atoms with Crippen molar-refractivity contribution in [3.8, 4) is 34.8 Å². The van der Waals surface area contributed by atoms with Crippen LogP contribution in [0.1, 0.15) is 41.0 Å². The number of carbonyl (C=O) groups excluding carboxylic acids is 1. The maximum Gasteiger partial charge on any atom is 0.280 e. The van der Waals surface area contributed by atoms with E-state index < -0.39 is 18.0 Å². The van der Waals surface area contributed by atoms with Crippen LogP contribution in [0.3, 0.4) is 0 Å². The van der Waals surface area contributed by atoms with Crippen LogP contribution in [0.2, 0.25) is 0 Å². The van der Waals surface area contributed by atoms with Crippen LogP contribution < -0.4 is 26.1 Å². The van der Waals surface area contributed by atoms with Crippen molar-refractivity contribution in [1.29, 1.82) is 5.26 Å². The molecule has 3 heterocycles. The van der Waals surface area contributed by atoms with Crippen LogP contribution in [-0.2, 0) is 0 Å². The average molecular weight is 553 g/mol. The molecule has 0 aromatic carbocycles. The van der Waals surface area contributed by atoms with Crippen molar-refractivity contribution in [3.05, 3.63) is 47.7 Å². The molecule has 2 aliphatic rings. The molecule has 2 aromatic heterocycles. The predicted octanol–water partition coefficient (Wildman–Crippen LogP) is 2.84. The summed E-state index contributed by atoms with van der Waals surface area (Å²) < 4.78 is 32.6. The molecular formula is C26H26F2N8O2S. The summed E-state index contributed by atoms with van der Waals surface area (Å²) >= 11 is 1.27. The summed E-state index contributed by atoms with van der Waals surface area (Å²) in [7, 11) is 3.14. The van der Waals surface area contributed by atoms with Crippen LogP contribution in [0, 0.1) is 29.1 Å². The molecule has 1 unspecified atom stereocenters. The highest BCUT2D eigenvalue weighted by atomic mass is 32.2. The standard InChI is InChI=1S/C26H26F2N8O2S/c1-30-11-16(12-31-8-7-29)20-9-17(18-10-21(24(27)28)33-14-22(18)38-2)19(13-32-20)25(37)34-26-36-35-23(39-26)6-5-15-3-4-15/h9-10,12-15,23-24,30-31,35H,3-4,8,11H2,1-2H3,(H,34,36,37)/b16-12+. The Morgan fingerprint density at radius 2 is 2.10 bits per heavy atom. The Morgan fingerprint density at radius 1 is 1.28 bits per heavy atom. The van der Waals surface area contributed by atoms with Gasteiger partial charge in [0.25, 0.3) is 12.3 Å². The monoisotopic (exact) mass is 552 g/mol. The zero-order valence-electron chi connectivity index (χ0n) is 21.2. The van der Waals surface area contributed by atoms with Gasteiger partial charge in [-0.3, -0.25) is 25.5 Å². The summed E-state index contributed by atoms with van der Waals surface area (Å²) in [6, 6.07) is 4.81. The summed E-state index contributed by atoms with van der Waals surface area (Å²) in [5, 5.41) is 21.7. The van der Waals surface area contributed by atoms with E-state index >= 15 is 0 Å². The van der Waals surface area contributed by atoms with E-state index in [-0.39, 0.29) is 28.8 Å². The normalized spacial score (nSPS) is 16.5. The van der Waals surface area contributed by atoms with Gasteiger partial charge in [0.1, 0.15) is 18.0 Å². The van der Waals surface area contributed by atoms with E-state index in [4.69, 9.17) is 10.00 Å². The molecule has 39 heavy (non-hydrogen) atoms. The van der Waals surface area contributed by atoms with Gasteiger partial charge in [0, 0.05) is 41.6 Å². The fraction of sp³-hybridized carbons (Fsp3) is 0.346. The summed E-state index contributed by atoms with van der Waals surface area (Å²) in [6.07, 6.45) is 3.58. The molecular weight excluding hydrogens is 526 g/mol. The van der Waals surface area contributed by atoms with Crippen molar-refractivity contribution < 1.29 is 18.3 Å². The number of methoxy groups -OCH3 is 1. The zero-order valence-corrected chi connectivity index (χ0v) is 22.0. The quantitative estimate of drug-likeness (QED) is 0.210. The highest BCUT2D eigenvalue weighted by Gasteiger charge is 2.25. The maximum atomic E-state index is 13.6. The summed E-state index contributed by atoms with van der Waals surface area (Å²) in [5.74, 6) is 6.37. The lowest BCUT2D eigenvalue weighted by Crippen LogP contribution is -2.28. The first-order valence-electron chi connectivity index (χ1n) is 12.0. The first-order chi connectivity index (χ1) is 18.9. The number of amidine groups is 1. The number of likely N-dealkylation sites (N-methyl/N-ethyl adjacent to an activating group) is 1. The van der Waals surface area contributed by atoms with Gasteiger partial charge in [-0.15, -0.1) is 0 Å². The smallest absolute Gasteiger partial charge is 0.280 e. The fourth-order valence-corrected chi connectivity index (χ4v) is 4.31. The lowest BCUT2D eigenvalue weighted by atomic mass is 9.97. The van der Waals surface area contributed by atoms with Gasteiger partial charge in [0.15, 0.2) is 10.5 Å². The molecule has 1 aliphatic heterocycles. The van der Waals surface area contributed by atoms with Crippen molar-refractivity contribution in [3.63, 3.8) is 0 Å². The summed E-state index contributed by atoms with van der Waals surface area (Å²) in [6.45, 7) is 0.463. The number of nitrogens with zero attached hydrogens (tertiary/aromatic N) is 4. The minimum atomic E-state index is -2.83. The number of hydrazone groups is 1. The molecule has 1 aliphatic carbocycles. The number of hydrogen-bond acceptors (Lipinski definition) is 10. The van der Waals surface area contributed by atoms with E-state index in [9.17, 15) is 13.6 Å². The molecule has 1 atom stereocenters. The summed E-state index contributed by atoms with van der Waals surface area (Å²) in [5.41, 5.74) is 4.24. The van der Waals surface area contributed by atoms with Gasteiger partial charge in [-0.1, -0.05) is 11.8 Å². The van der Waals surface area contributed by atoms with Crippen LogP contribution in [0.4, 0.5) is 8.78 Å². The van der Waals surface area contributed by atoms with E-state index in [2.05, 4.69) is 48.3 Å². The van der Waals surface area contributed by atoms with Gasteiger partial charge in [0.2, 0.25) is 0 Å². The molecule has 10 nitrogen and oxygen atoms in total. The van der Waals surface area contributed by atoms with Gasteiger partial charge in [-0.2, -0.15) is 10.4 Å². The molecule has 4 rings (SSSR count). The number of nitriles is 1. The van der Waals surface area contributed by atoms with E-state index in [1.807, 2.05) is 6.07 Å². The Balaban J connectivity index is 1.71. The van der Waals surface area contributed by atoms with Crippen molar-refractivity contribution >= 4 is 28.4 Å². The number of carbonyl (C=O) groups is 1. The fourth-order valence-electron chi connectivity index (χ4n) is 3.60. The lowest BCUT2D eigenvalue weighted by molar-refractivity contribution is 0.0978. The molecule has 13 heteroatoms. The van der Waals surface area contributed by atoms with E-state index in [1.165, 1.54) is 37.3 Å². The van der Waals surface area contributed by atoms with E-state index in [0.29, 0.717) is 34.5 Å². The Bertz CT molecular complexity index is 1390. The minimum Gasteiger partial charge on any atom is -0.494 e. The van der Waals surface area contributed by atoms with Gasteiger partial charge in [0.05, 0.1) is 30.6 Å². The van der Waals surface area contributed by atoms with E-state index in [0.717, 1.165) is 12.8 Å². The number of thioether (sulfide) groups is 1. The molecule has 1 fully saturated rings. The second kappa shape index (κ2) is 13.0. The van der Waals surface area contributed by atoms with Gasteiger partial charge >= 0.3 is 0 Å². The van der Waals surface area contributed by atoms with Crippen molar-refractivity contribution in [1.82, 2.24) is 31.3 Å². The molecule has 0 bridgehead atoms.